The van der Waals surface area contributed by atoms with E-state index < -0.39 is 20.1 Å². The van der Waals surface area contributed by atoms with Gasteiger partial charge >= 0.3 is 6.18 Å². The number of ether oxygens (including phenoxy) is 1. The number of rotatable bonds is 6. The van der Waals surface area contributed by atoms with Gasteiger partial charge in [-0.15, -0.1) is 5.10 Å². The molecule has 202 valence electrons. The van der Waals surface area contributed by atoms with Gasteiger partial charge in [-0.2, -0.15) is 17.7 Å². The number of nitrogens with one attached hydrogen (secondary N) is 1. The summed E-state index contributed by atoms with van der Waals surface area (Å²) < 4.78 is 54.5. The maximum atomic E-state index is 13.6. The standard InChI is InChI=1S/C26H36F3N5O2Si/c1-17-15-22(33-11-13-35-14-12-33)32-34-23(17)31-21(16-36-37(6,7)25(3,4)5)24(34)30-20-10-8-9-19(18(20)2)26(27,28)29/h8-10,15,30H,11-14,16H2,1-7H3. The van der Waals surface area contributed by atoms with E-state index >= 15 is 0 Å². The average Bonchev–Trinajstić information content (AvgIpc) is 3.16. The molecule has 1 aromatic carbocycles. The van der Waals surface area contributed by atoms with Gasteiger partial charge in [0.2, 0.25) is 0 Å². The topological polar surface area (TPSA) is 63.9 Å². The van der Waals surface area contributed by atoms with Crippen molar-refractivity contribution in [3.63, 3.8) is 0 Å². The molecule has 1 aliphatic heterocycles. The number of morpholine rings is 1. The highest BCUT2D eigenvalue weighted by Gasteiger charge is 2.38. The van der Waals surface area contributed by atoms with Crippen LogP contribution in [-0.4, -0.2) is 49.2 Å². The Hall–Kier alpha value is -2.63. The van der Waals surface area contributed by atoms with Crippen molar-refractivity contribution in [3.05, 3.63) is 46.6 Å². The molecule has 1 aliphatic rings. The van der Waals surface area contributed by atoms with Crippen molar-refractivity contribution in [1.29, 1.82) is 0 Å². The number of hydrogen-bond acceptors (Lipinski definition) is 6. The molecule has 0 radical (unpaired) electrons. The predicted molar refractivity (Wildman–Crippen MR) is 142 cm³/mol. The molecule has 11 heteroatoms. The molecule has 0 amide bonds. The van der Waals surface area contributed by atoms with Crippen LogP contribution in [0.15, 0.2) is 24.3 Å². The molecule has 0 bridgehead atoms. The van der Waals surface area contributed by atoms with Crippen LogP contribution in [0.3, 0.4) is 0 Å². The lowest BCUT2D eigenvalue weighted by Gasteiger charge is -2.36. The minimum absolute atomic E-state index is 0.00491. The van der Waals surface area contributed by atoms with E-state index in [-0.39, 0.29) is 17.2 Å². The molecule has 1 fully saturated rings. The van der Waals surface area contributed by atoms with Gasteiger partial charge in [0, 0.05) is 18.8 Å². The van der Waals surface area contributed by atoms with E-state index in [0.717, 1.165) is 17.4 Å². The number of nitrogens with zero attached hydrogens (tertiary/aromatic N) is 4. The van der Waals surface area contributed by atoms with Crippen molar-refractivity contribution in [2.45, 2.75) is 65.5 Å². The third-order valence-electron chi connectivity index (χ3n) is 7.43. The quantitative estimate of drug-likeness (QED) is 0.365. The van der Waals surface area contributed by atoms with Gasteiger partial charge in [-0.1, -0.05) is 26.8 Å². The van der Waals surface area contributed by atoms with E-state index in [1.807, 2.05) is 13.0 Å². The Morgan fingerprint density at radius 2 is 1.78 bits per heavy atom. The van der Waals surface area contributed by atoms with Gasteiger partial charge < -0.3 is 19.4 Å². The highest BCUT2D eigenvalue weighted by atomic mass is 28.4. The van der Waals surface area contributed by atoms with Gasteiger partial charge in [0.25, 0.3) is 0 Å². The Bertz CT molecular complexity index is 1280. The summed E-state index contributed by atoms with van der Waals surface area (Å²) in [7, 11) is -2.12. The molecular formula is C26H36F3N5O2Si. The molecule has 2 aromatic heterocycles. The van der Waals surface area contributed by atoms with E-state index in [2.05, 4.69) is 44.1 Å². The smallest absolute Gasteiger partial charge is 0.411 e. The van der Waals surface area contributed by atoms with Crippen molar-refractivity contribution in [2.75, 3.05) is 36.5 Å². The second kappa shape index (κ2) is 9.92. The Labute approximate surface area is 217 Å². The summed E-state index contributed by atoms with van der Waals surface area (Å²) in [6, 6.07) is 6.13. The molecule has 37 heavy (non-hydrogen) atoms. The normalized spacial score (nSPS) is 15.5. The van der Waals surface area contributed by atoms with Crippen molar-refractivity contribution < 1.29 is 22.3 Å². The van der Waals surface area contributed by atoms with E-state index in [9.17, 15) is 13.2 Å². The second-order valence-electron chi connectivity index (χ2n) is 11.1. The number of anilines is 3. The van der Waals surface area contributed by atoms with Gasteiger partial charge in [0.05, 0.1) is 25.4 Å². The third-order valence-corrected chi connectivity index (χ3v) is 11.9. The fourth-order valence-corrected chi connectivity index (χ4v) is 4.97. The van der Waals surface area contributed by atoms with E-state index in [4.69, 9.17) is 19.2 Å². The molecule has 3 heterocycles. The number of alkyl halides is 3. The highest BCUT2D eigenvalue weighted by molar-refractivity contribution is 6.74. The number of imidazole rings is 1. The van der Waals surface area contributed by atoms with Crippen LogP contribution in [0.25, 0.3) is 5.65 Å². The Morgan fingerprint density at radius 3 is 2.41 bits per heavy atom. The van der Waals surface area contributed by atoms with Gasteiger partial charge in [-0.25, -0.2) is 4.98 Å². The van der Waals surface area contributed by atoms with Crippen LogP contribution in [0.4, 0.5) is 30.5 Å². The van der Waals surface area contributed by atoms with Crippen LogP contribution in [-0.2, 0) is 21.9 Å². The van der Waals surface area contributed by atoms with E-state index in [0.29, 0.717) is 49.1 Å². The lowest BCUT2D eigenvalue weighted by Crippen LogP contribution is -2.40. The predicted octanol–water partition coefficient (Wildman–Crippen LogP) is 6.47. The number of fused-ring (bicyclic) bond motifs is 1. The van der Waals surface area contributed by atoms with Crippen molar-refractivity contribution in [2.24, 2.45) is 0 Å². The first-order chi connectivity index (χ1) is 17.2. The van der Waals surface area contributed by atoms with Crippen molar-refractivity contribution in [3.8, 4) is 0 Å². The fraction of sp³-hybridized carbons (Fsp3) is 0.538. The maximum Gasteiger partial charge on any atom is 0.416 e. The Morgan fingerprint density at radius 1 is 1.11 bits per heavy atom. The molecular weight excluding hydrogens is 499 g/mol. The first kappa shape index (κ1) is 27.4. The number of halogens is 3. The second-order valence-corrected chi connectivity index (χ2v) is 15.9. The molecule has 1 saturated heterocycles. The molecule has 4 rings (SSSR count). The average molecular weight is 536 g/mol. The third kappa shape index (κ3) is 5.63. The molecule has 0 unspecified atom stereocenters. The maximum absolute atomic E-state index is 13.6. The summed E-state index contributed by atoms with van der Waals surface area (Å²) in [6.45, 7) is 17.1. The number of benzene rings is 1. The number of hydrogen-bond donors (Lipinski definition) is 1. The number of aryl methyl sites for hydroxylation is 1. The number of aromatic nitrogens is 3. The highest BCUT2D eigenvalue weighted by Crippen LogP contribution is 2.39. The zero-order chi connectivity index (χ0) is 27.2. The van der Waals surface area contributed by atoms with Gasteiger partial charge in [0.15, 0.2) is 19.8 Å². The molecule has 3 aromatic rings. The molecule has 0 saturated carbocycles. The Kier molecular flexibility index (Phi) is 7.35. The van der Waals surface area contributed by atoms with Crippen LogP contribution >= 0.6 is 0 Å². The lowest BCUT2D eigenvalue weighted by molar-refractivity contribution is -0.138. The summed E-state index contributed by atoms with van der Waals surface area (Å²) in [6.07, 6.45) is -4.45. The van der Waals surface area contributed by atoms with E-state index in [1.165, 1.54) is 13.0 Å². The van der Waals surface area contributed by atoms with Crippen molar-refractivity contribution in [1.82, 2.24) is 14.6 Å². The zero-order valence-corrected chi connectivity index (χ0v) is 23.6. The monoisotopic (exact) mass is 535 g/mol. The largest absolute Gasteiger partial charge is 0.416 e. The van der Waals surface area contributed by atoms with Gasteiger partial charge in [0.1, 0.15) is 11.5 Å². The minimum Gasteiger partial charge on any atom is -0.411 e. The summed E-state index contributed by atoms with van der Waals surface area (Å²) in [5.74, 6) is 1.28. The molecule has 0 atom stereocenters. The first-order valence-electron chi connectivity index (χ1n) is 12.5. The van der Waals surface area contributed by atoms with E-state index in [1.54, 1.807) is 10.6 Å². The molecule has 0 aliphatic carbocycles. The van der Waals surface area contributed by atoms with Crippen LogP contribution in [0.5, 0.6) is 0 Å². The minimum atomic E-state index is -4.45. The van der Waals surface area contributed by atoms with Gasteiger partial charge in [-0.05, 0) is 61.3 Å². The molecule has 7 nitrogen and oxygen atoms in total. The summed E-state index contributed by atoms with van der Waals surface area (Å²) in [4.78, 5) is 6.99. The van der Waals surface area contributed by atoms with Crippen LogP contribution < -0.4 is 10.2 Å². The summed E-state index contributed by atoms with van der Waals surface area (Å²) in [5, 5.41) is 8.10. The van der Waals surface area contributed by atoms with Crippen molar-refractivity contribution >= 4 is 31.3 Å². The summed E-state index contributed by atoms with van der Waals surface area (Å²) >= 11 is 0. The zero-order valence-electron chi connectivity index (χ0n) is 22.6. The molecule has 0 spiro atoms. The lowest BCUT2D eigenvalue weighted by atomic mass is 10.1. The Balaban J connectivity index is 1.82. The summed E-state index contributed by atoms with van der Waals surface area (Å²) in [5.41, 5.74) is 1.94. The van der Waals surface area contributed by atoms with Crippen LogP contribution in [0, 0.1) is 13.8 Å². The fourth-order valence-electron chi connectivity index (χ4n) is 4.04. The first-order valence-corrected chi connectivity index (χ1v) is 15.4. The van der Waals surface area contributed by atoms with Gasteiger partial charge in [-0.3, -0.25) is 0 Å². The SMILES string of the molecule is Cc1c(Nc2c(CO[Si](C)(C)C(C)(C)C)nc3c(C)cc(N4CCOCC4)nn23)cccc1C(F)(F)F. The van der Waals surface area contributed by atoms with Crippen LogP contribution in [0.1, 0.15) is 43.2 Å². The molecule has 1 N–H and O–H groups in total. The van der Waals surface area contributed by atoms with Crippen LogP contribution in [0.2, 0.25) is 18.1 Å².